The summed E-state index contributed by atoms with van der Waals surface area (Å²) >= 11 is 6.11. The topological polar surface area (TPSA) is 48.7 Å². The van der Waals surface area contributed by atoms with Crippen molar-refractivity contribution in [3.8, 4) is 6.07 Å². The summed E-state index contributed by atoms with van der Waals surface area (Å²) in [6, 6.07) is 11.1. The molecule has 0 aliphatic carbocycles. The molecular weight excluding hydrogens is 246 g/mol. The average Bonchev–Trinajstić information content (AvgIpc) is 2.34. The maximum atomic E-state index is 8.78. The molecule has 0 aliphatic heterocycles. The highest BCUT2D eigenvalue weighted by atomic mass is 35.5. The third kappa shape index (κ3) is 2.61. The highest BCUT2D eigenvalue weighted by molar-refractivity contribution is 6.33. The minimum absolute atomic E-state index is 0.522. The van der Waals surface area contributed by atoms with E-state index in [1.807, 2.05) is 26.0 Å². The number of nitrogens with one attached hydrogen (secondary N) is 1. The second kappa shape index (κ2) is 5.07. The van der Waals surface area contributed by atoms with Gasteiger partial charge in [-0.15, -0.1) is 0 Å². The summed E-state index contributed by atoms with van der Waals surface area (Å²) in [4.78, 5) is 4.38. The zero-order valence-corrected chi connectivity index (χ0v) is 10.9. The molecule has 0 spiro atoms. The van der Waals surface area contributed by atoms with Crippen molar-refractivity contribution in [3.05, 3.63) is 52.3 Å². The van der Waals surface area contributed by atoms with Gasteiger partial charge in [-0.25, -0.2) is 0 Å². The molecule has 0 radical (unpaired) electrons. The highest BCUT2D eigenvalue weighted by Gasteiger charge is 2.05. The Balaban J connectivity index is 2.32. The molecule has 3 nitrogen and oxygen atoms in total. The van der Waals surface area contributed by atoms with Crippen LogP contribution in [0.15, 0.2) is 30.3 Å². The number of rotatable bonds is 2. The average molecular weight is 258 g/mol. The zero-order valence-electron chi connectivity index (χ0n) is 10.2. The quantitative estimate of drug-likeness (QED) is 0.886. The molecule has 2 aromatic rings. The number of aromatic nitrogens is 1. The Morgan fingerprint density at radius 2 is 1.89 bits per heavy atom. The van der Waals surface area contributed by atoms with Gasteiger partial charge in [0.2, 0.25) is 0 Å². The van der Waals surface area contributed by atoms with E-state index in [2.05, 4.69) is 16.4 Å². The van der Waals surface area contributed by atoms with Crippen LogP contribution >= 0.6 is 11.6 Å². The predicted octanol–water partition coefficient (Wildman–Crippen LogP) is 3.97. The first-order chi connectivity index (χ1) is 8.60. The molecule has 1 heterocycles. The monoisotopic (exact) mass is 257 g/mol. The molecule has 0 bridgehead atoms. The largest absolute Gasteiger partial charge is 0.353 e. The van der Waals surface area contributed by atoms with Gasteiger partial charge in [-0.1, -0.05) is 11.6 Å². The molecule has 2 rings (SSSR count). The van der Waals surface area contributed by atoms with E-state index >= 15 is 0 Å². The molecule has 0 fully saturated rings. The molecule has 0 saturated heterocycles. The second-order valence-electron chi connectivity index (χ2n) is 4.02. The van der Waals surface area contributed by atoms with Crippen LogP contribution < -0.4 is 5.32 Å². The molecule has 0 aliphatic rings. The molecular formula is C14H12ClN3. The summed E-state index contributed by atoms with van der Waals surface area (Å²) in [5.41, 5.74) is 4.11. The normalized spacial score (nSPS) is 9.89. The van der Waals surface area contributed by atoms with Crippen molar-refractivity contribution in [1.82, 2.24) is 4.98 Å². The van der Waals surface area contributed by atoms with Crippen molar-refractivity contribution in [3.63, 3.8) is 0 Å². The standard InChI is InChI=1S/C14H12ClN3/c1-9-3-5-13(10(2)17-9)18-14-6-4-11(8-16)7-12(14)15/h3-7,18H,1-2H3. The van der Waals surface area contributed by atoms with E-state index in [-0.39, 0.29) is 0 Å². The van der Waals surface area contributed by atoms with Crippen molar-refractivity contribution < 1.29 is 0 Å². The molecule has 0 atom stereocenters. The molecule has 0 saturated carbocycles. The Bertz CT molecular complexity index is 629. The van der Waals surface area contributed by atoms with E-state index in [9.17, 15) is 0 Å². The van der Waals surface area contributed by atoms with Gasteiger partial charge >= 0.3 is 0 Å². The molecule has 90 valence electrons. The zero-order chi connectivity index (χ0) is 13.1. The Labute approximate surface area is 111 Å². The van der Waals surface area contributed by atoms with E-state index in [1.165, 1.54) is 0 Å². The van der Waals surface area contributed by atoms with Crippen LogP contribution in [0.4, 0.5) is 11.4 Å². The van der Waals surface area contributed by atoms with Crippen LogP contribution in [0.1, 0.15) is 17.0 Å². The Kier molecular flexibility index (Phi) is 3.50. The first-order valence-corrected chi connectivity index (χ1v) is 5.89. The fourth-order valence-corrected chi connectivity index (χ4v) is 1.88. The van der Waals surface area contributed by atoms with Crippen molar-refractivity contribution in [2.75, 3.05) is 5.32 Å². The van der Waals surface area contributed by atoms with Crippen molar-refractivity contribution in [2.24, 2.45) is 0 Å². The fourth-order valence-electron chi connectivity index (χ4n) is 1.65. The van der Waals surface area contributed by atoms with Gasteiger partial charge in [0.15, 0.2) is 0 Å². The van der Waals surface area contributed by atoms with Crippen molar-refractivity contribution in [2.45, 2.75) is 13.8 Å². The lowest BCUT2D eigenvalue weighted by Crippen LogP contribution is -1.97. The van der Waals surface area contributed by atoms with Crippen LogP contribution in [0.5, 0.6) is 0 Å². The number of anilines is 2. The van der Waals surface area contributed by atoms with Crippen LogP contribution in [0, 0.1) is 25.2 Å². The molecule has 0 unspecified atom stereocenters. The molecule has 1 aromatic carbocycles. The lowest BCUT2D eigenvalue weighted by molar-refractivity contribution is 1.12. The number of nitrogens with zero attached hydrogens (tertiary/aromatic N) is 2. The number of aryl methyl sites for hydroxylation is 2. The van der Waals surface area contributed by atoms with Gasteiger partial charge in [0.05, 0.1) is 33.7 Å². The van der Waals surface area contributed by atoms with E-state index in [0.29, 0.717) is 10.6 Å². The lowest BCUT2D eigenvalue weighted by Gasteiger charge is -2.11. The third-order valence-electron chi connectivity index (χ3n) is 2.59. The lowest BCUT2D eigenvalue weighted by atomic mass is 10.2. The molecule has 18 heavy (non-hydrogen) atoms. The van der Waals surface area contributed by atoms with Gasteiger partial charge in [0, 0.05) is 5.69 Å². The van der Waals surface area contributed by atoms with E-state index in [1.54, 1.807) is 18.2 Å². The summed E-state index contributed by atoms with van der Waals surface area (Å²) in [5, 5.41) is 12.5. The van der Waals surface area contributed by atoms with Crippen LogP contribution in [0.2, 0.25) is 5.02 Å². The number of hydrogen-bond acceptors (Lipinski definition) is 3. The number of nitriles is 1. The number of hydrogen-bond donors (Lipinski definition) is 1. The van der Waals surface area contributed by atoms with Gasteiger partial charge in [-0.3, -0.25) is 4.98 Å². The van der Waals surface area contributed by atoms with E-state index in [4.69, 9.17) is 16.9 Å². The summed E-state index contributed by atoms with van der Waals surface area (Å²) < 4.78 is 0. The Morgan fingerprint density at radius 3 is 2.50 bits per heavy atom. The molecule has 1 aromatic heterocycles. The van der Waals surface area contributed by atoms with E-state index in [0.717, 1.165) is 22.8 Å². The van der Waals surface area contributed by atoms with Gasteiger partial charge in [0.25, 0.3) is 0 Å². The smallest absolute Gasteiger partial charge is 0.0992 e. The maximum absolute atomic E-state index is 8.78. The maximum Gasteiger partial charge on any atom is 0.0992 e. The highest BCUT2D eigenvalue weighted by Crippen LogP contribution is 2.27. The van der Waals surface area contributed by atoms with E-state index < -0.39 is 0 Å². The van der Waals surface area contributed by atoms with Gasteiger partial charge in [-0.2, -0.15) is 5.26 Å². The van der Waals surface area contributed by atoms with Crippen LogP contribution in [0.3, 0.4) is 0 Å². The van der Waals surface area contributed by atoms with Crippen molar-refractivity contribution in [1.29, 1.82) is 5.26 Å². The summed E-state index contributed by atoms with van der Waals surface area (Å²) in [6.45, 7) is 3.89. The van der Waals surface area contributed by atoms with Crippen LogP contribution in [0.25, 0.3) is 0 Å². The number of benzene rings is 1. The fraction of sp³-hybridized carbons (Fsp3) is 0.143. The first-order valence-electron chi connectivity index (χ1n) is 5.51. The molecule has 0 amide bonds. The van der Waals surface area contributed by atoms with Gasteiger partial charge < -0.3 is 5.32 Å². The third-order valence-corrected chi connectivity index (χ3v) is 2.91. The number of pyridine rings is 1. The predicted molar refractivity (Wildman–Crippen MR) is 73.2 cm³/mol. The summed E-state index contributed by atoms with van der Waals surface area (Å²) in [5.74, 6) is 0. The molecule has 1 N–H and O–H groups in total. The van der Waals surface area contributed by atoms with Crippen LogP contribution in [-0.4, -0.2) is 4.98 Å². The van der Waals surface area contributed by atoms with Crippen LogP contribution in [-0.2, 0) is 0 Å². The van der Waals surface area contributed by atoms with Gasteiger partial charge in [-0.05, 0) is 44.2 Å². The summed E-state index contributed by atoms with van der Waals surface area (Å²) in [6.07, 6.45) is 0. The minimum atomic E-state index is 0.522. The Morgan fingerprint density at radius 1 is 1.17 bits per heavy atom. The minimum Gasteiger partial charge on any atom is -0.353 e. The second-order valence-corrected chi connectivity index (χ2v) is 4.42. The van der Waals surface area contributed by atoms with Gasteiger partial charge in [0.1, 0.15) is 0 Å². The van der Waals surface area contributed by atoms with Crippen molar-refractivity contribution >= 4 is 23.0 Å². The summed E-state index contributed by atoms with van der Waals surface area (Å²) in [7, 11) is 0. The first kappa shape index (κ1) is 12.4. The molecule has 4 heteroatoms. The number of halogens is 1. The Hall–Kier alpha value is -2.05. The SMILES string of the molecule is Cc1ccc(Nc2ccc(C#N)cc2Cl)c(C)n1.